The average Bonchev–Trinajstić information content (AvgIpc) is 2.25. The van der Waals surface area contributed by atoms with Crippen LogP contribution in [0.1, 0.15) is 42.6 Å². The molecule has 3 heteroatoms. The van der Waals surface area contributed by atoms with Gasteiger partial charge in [0.25, 0.3) is 0 Å². The summed E-state index contributed by atoms with van der Waals surface area (Å²) >= 11 is 0. The third kappa shape index (κ3) is 4.44. The lowest BCUT2D eigenvalue weighted by atomic mass is 9.94. The lowest BCUT2D eigenvalue weighted by molar-refractivity contribution is 0.280. The van der Waals surface area contributed by atoms with Crippen molar-refractivity contribution < 1.29 is 5.11 Å². The van der Waals surface area contributed by atoms with Crippen LogP contribution < -0.4 is 0 Å². The number of rotatable bonds is 6. The molecule has 0 aliphatic heterocycles. The number of nitrogens with zero attached hydrogens (tertiary/aromatic N) is 2. The van der Waals surface area contributed by atoms with Crippen LogP contribution in [0.15, 0.2) is 12.1 Å². The molecule has 0 radical (unpaired) electrons. The van der Waals surface area contributed by atoms with Crippen molar-refractivity contribution >= 4 is 0 Å². The van der Waals surface area contributed by atoms with E-state index < -0.39 is 0 Å². The molecular formula is C14H24N2O. The molecule has 0 saturated carbocycles. The van der Waals surface area contributed by atoms with Gasteiger partial charge in [-0.15, -0.1) is 0 Å². The van der Waals surface area contributed by atoms with Gasteiger partial charge >= 0.3 is 0 Å². The first-order chi connectivity index (χ1) is 8.04. The summed E-state index contributed by atoms with van der Waals surface area (Å²) in [5, 5.41) is 8.90. The highest BCUT2D eigenvalue weighted by Crippen LogP contribution is 2.24. The topological polar surface area (TPSA) is 36.4 Å². The zero-order chi connectivity index (χ0) is 12.8. The molecule has 1 aromatic rings. The first-order valence-corrected chi connectivity index (χ1v) is 6.26. The number of aromatic nitrogens is 1. The van der Waals surface area contributed by atoms with Gasteiger partial charge in [0.2, 0.25) is 0 Å². The van der Waals surface area contributed by atoms with Crippen LogP contribution in [0.4, 0.5) is 0 Å². The van der Waals surface area contributed by atoms with Crippen molar-refractivity contribution in [3.05, 3.63) is 29.1 Å². The summed E-state index contributed by atoms with van der Waals surface area (Å²) in [6.45, 7) is 5.38. The maximum absolute atomic E-state index is 8.90. The number of hydrogen-bond acceptors (Lipinski definition) is 3. The molecule has 0 aliphatic carbocycles. The minimum atomic E-state index is 0.270. The van der Waals surface area contributed by atoms with E-state index in [-0.39, 0.29) is 6.61 Å². The van der Waals surface area contributed by atoms with Crippen molar-refractivity contribution in [1.82, 2.24) is 9.88 Å². The summed E-state index contributed by atoms with van der Waals surface area (Å²) in [6, 6.07) is 4.26. The van der Waals surface area contributed by atoms with Crippen molar-refractivity contribution in [2.45, 2.75) is 39.2 Å². The Bertz CT molecular complexity index is 350. The van der Waals surface area contributed by atoms with Crippen molar-refractivity contribution in [3.8, 4) is 0 Å². The van der Waals surface area contributed by atoms with Gasteiger partial charge in [0.05, 0.1) is 5.69 Å². The van der Waals surface area contributed by atoms with Crippen LogP contribution in [-0.2, 0) is 6.54 Å². The van der Waals surface area contributed by atoms with Crippen molar-refractivity contribution in [2.24, 2.45) is 0 Å². The second kappa shape index (κ2) is 6.72. The molecule has 1 N–H and O–H groups in total. The fourth-order valence-electron chi connectivity index (χ4n) is 2.05. The first kappa shape index (κ1) is 14.1. The van der Waals surface area contributed by atoms with E-state index in [1.807, 2.05) is 6.92 Å². The molecular weight excluding hydrogens is 212 g/mol. The summed E-state index contributed by atoms with van der Waals surface area (Å²) in [5.41, 5.74) is 3.55. The van der Waals surface area contributed by atoms with Crippen LogP contribution in [0.5, 0.6) is 0 Å². The Kier molecular flexibility index (Phi) is 5.59. The predicted molar refractivity (Wildman–Crippen MR) is 71.1 cm³/mol. The number of aryl methyl sites for hydroxylation is 1. The quantitative estimate of drug-likeness (QED) is 0.823. The summed E-state index contributed by atoms with van der Waals surface area (Å²) < 4.78 is 0. The standard InChI is InChI=1S/C14H24N2O/c1-11(6-5-9-17)13-8-7-12(2)15-14(13)10-16(3)4/h7-8,11,17H,5-6,9-10H2,1-4H3/t11-/m1/s1. The minimum Gasteiger partial charge on any atom is -0.396 e. The van der Waals surface area contributed by atoms with E-state index in [4.69, 9.17) is 5.11 Å². The largest absolute Gasteiger partial charge is 0.396 e. The molecule has 0 aliphatic rings. The van der Waals surface area contributed by atoms with E-state index in [0.717, 1.165) is 25.1 Å². The van der Waals surface area contributed by atoms with E-state index in [0.29, 0.717) is 5.92 Å². The maximum atomic E-state index is 8.90. The molecule has 0 amide bonds. The second-order valence-electron chi connectivity index (χ2n) is 4.99. The molecule has 1 heterocycles. The van der Waals surface area contributed by atoms with E-state index in [1.165, 1.54) is 11.3 Å². The molecule has 1 rings (SSSR count). The van der Waals surface area contributed by atoms with Crippen LogP contribution in [0.25, 0.3) is 0 Å². The Labute approximate surface area is 104 Å². The van der Waals surface area contributed by atoms with Gasteiger partial charge < -0.3 is 10.0 Å². The lowest BCUT2D eigenvalue weighted by Crippen LogP contribution is -2.15. The summed E-state index contributed by atoms with van der Waals surface area (Å²) in [6.07, 6.45) is 1.87. The Hall–Kier alpha value is -0.930. The van der Waals surface area contributed by atoms with Crippen LogP contribution >= 0.6 is 0 Å². The molecule has 0 aromatic carbocycles. The van der Waals surface area contributed by atoms with Gasteiger partial charge in [-0.2, -0.15) is 0 Å². The third-order valence-corrected chi connectivity index (χ3v) is 2.94. The fraction of sp³-hybridized carbons (Fsp3) is 0.643. The number of aliphatic hydroxyl groups excluding tert-OH is 1. The van der Waals surface area contributed by atoms with Gasteiger partial charge in [0, 0.05) is 18.8 Å². The minimum absolute atomic E-state index is 0.270. The summed E-state index contributed by atoms with van der Waals surface area (Å²) in [5.74, 6) is 0.463. The monoisotopic (exact) mass is 236 g/mol. The van der Waals surface area contributed by atoms with Gasteiger partial charge in [-0.3, -0.25) is 4.98 Å². The van der Waals surface area contributed by atoms with Crippen LogP contribution in [0, 0.1) is 6.92 Å². The van der Waals surface area contributed by atoms with Crippen molar-refractivity contribution in [1.29, 1.82) is 0 Å². The molecule has 0 spiro atoms. The molecule has 1 atom stereocenters. The van der Waals surface area contributed by atoms with Gasteiger partial charge in [0.15, 0.2) is 0 Å². The summed E-state index contributed by atoms with van der Waals surface area (Å²) in [4.78, 5) is 6.78. The SMILES string of the molecule is Cc1ccc([C@H](C)CCCO)c(CN(C)C)n1. The van der Waals surface area contributed by atoms with E-state index in [9.17, 15) is 0 Å². The van der Waals surface area contributed by atoms with Gasteiger partial charge in [-0.1, -0.05) is 13.0 Å². The summed E-state index contributed by atoms with van der Waals surface area (Å²) in [7, 11) is 4.12. The third-order valence-electron chi connectivity index (χ3n) is 2.94. The molecule has 0 fully saturated rings. The number of aliphatic hydroxyl groups is 1. The smallest absolute Gasteiger partial charge is 0.0581 e. The fourth-order valence-corrected chi connectivity index (χ4v) is 2.05. The maximum Gasteiger partial charge on any atom is 0.0581 e. The Morgan fingerprint density at radius 3 is 2.65 bits per heavy atom. The molecule has 3 nitrogen and oxygen atoms in total. The predicted octanol–water partition coefficient (Wildman–Crippen LogP) is 2.33. The van der Waals surface area contributed by atoms with Crippen molar-refractivity contribution in [2.75, 3.05) is 20.7 Å². The van der Waals surface area contributed by atoms with E-state index in [2.05, 4.69) is 43.0 Å². The highest BCUT2D eigenvalue weighted by atomic mass is 16.2. The molecule has 17 heavy (non-hydrogen) atoms. The number of hydrogen-bond donors (Lipinski definition) is 1. The van der Waals surface area contributed by atoms with Crippen LogP contribution in [-0.4, -0.2) is 35.7 Å². The number of pyridine rings is 1. The molecule has 96 valence electrons. The highest BCUT2D eigenvalue weighted by Gasteiger charge is 2.12. The van der Waals surface area contributed by atoms with Crippen LogP contribution in [0.3, 0.4) is 0 Å². The molecule has 0 saturated heterocycles. The van der Waals surface area contributed by atoms with Crippen LogP contribution in [0.2, 0.25) is 0 Å². The first-order valence-electron chi connectivity index (χ1n) is 6.26. The zero-order valence-corrected chi connectivity index (χ0v) is 11.4. The van der Waals surface area contributed by atoms with Crippen molar-refractivity contribution in [3.63, 3.8) is 0 Å². The molecule has 0 unspecified atom stereocenters. The van der Waals surface area contributed by atoms with E-state index in [1.54, 1.807) is 0 Å². The molecule has 1 aromatic heterocycles. The Morgan fingerprint density at radius 2 is 2.06 bits per heavy atom. The van der Waals surface area contributed by atoms with Gasteiger partial charge in [0.1, 0.15) is 0 Å². The lowest BCUT2D eigenvalue weighted by Gasteiger charge is -2.18. The second-order valence-corrected chi connectivity index (χ2v) is 4.99. The Morgan fingerprint density at radius 1 is 1.35 bits per heavy atom. The highest BCUT2D eigenvalue weighted by molar-refractivity contribution is 5.26. The molecule has 0 bridgehead atoms. The zero-order valence-electron chi connectivity index (χ0n) is 11.4. The Balaban J connectivity index is 2.88. The van der Waals surface area contributed by atoms with Gasteiger partial charge in [-0.05, 0) is 51.4 Å². The van der Waals surface area contributed by atoms with E-state index >= 15 is 0 Å². The van der Waals surface area contributed by atoms with Gasteiger partial charge in [-0.25, -0.2) is 0 Å². The normalized spacial score (nSPS) is 13.1. The average molecular weight is 236 g/mol.